The number of nitrogens with zero attached hydrogens (tertiary/aromatic N) is 3. The van der Waals surface area contributed by atoms with Crippen LogP contribution in [0, 0.1) is 18.8 Å². The molecule has 0 saturated heterocycles. The number of hydrogen-bond donors (Lipinski definition) is 4. The smallest absolute Gasteiger partial charge is 0.228 e. The fraction of sp³-hybridized carbons (Fsp3) is 0.276. The summed E-state index contributed by atoms with van der Waals surface area (Å²) >= 11 is 0. The van der Waals surface area contributed by atoms with Crippen LogP contribution in [0.1, 0.15) is 31.2 Å². The molecule has 0 aliphatic heterocycles. The van der Waals surface area contributed by atoms with Crippen LogP contribution >= 0.6 is 0 Å². The van der Waals surface area contributed by atoms with Crippen LogP contribution in [-0.4, -0.2) is 34.2 Å². The van der Waals surface area contributed by atoms with E-state index in [0.29, 0.717) is 29.4 Å². The monoisotopic (exact) mass is 511 g/mol. The molecule has 2 fully saturated rings. The Balaban J connectivity index is 0.000000257. The Hall–Kier alpha value is -4.53. The lowest BCUT2D eigenvalue weighted by Gasteiger charge is -2.10. The third-order valence-electron chi connectivity index (χ3n) is 6.39. The molecule has 2 aliphatic carbocycles. The highest BCUT2D eigenvalue weighted by atomic mass is 16.2. The lowest BCUT2D eigenvalue weighted by molar-refractivity contribution is -0.117. The molecule has 2 aliphatic rings. The van der Waals surface area contributed by atoms with Gasteiger partial charge in [-0.25, -0.2) is 15.0 Å². The van der Waals surface area contributed by atoms with Crippen molar-refractivity contribution in [2.75, 3.05) is 17.7 Å². The number of carbonyl (C=O) groups is 2. The fourth-order valence-electron chi connectivity index (χ4n) is 3.75. The van der Waals surface area contributed by atoms with Gasteiger partial charge in [0.05, 0.1) is 5.69 Å². The van der Waals surface area contributed by atoms with Gasteiger partial charge in [0.15, 0.2) is 12.1 Å². The second kappa shape index (κ2) is 12.1. The van der Waals surface area contributed by atoms with Crippen LogP contribution in [0.2, 0.25) is 0 Å². The van der Waals surface area contributed by atoms with E-state index >= 15 is 0 Å². The van der Waals surface area contributed by atoms with Crippen molar-refractivity contribution in [3.63, 3.8) is 0 Å². The van der Waals surface area contributed by atoms with Gasteiger partial charge in [-0.3, -0.25) is 9.59 Å². The van der Waals surface area contributed by atoms with Crippen molar-refractivity contribution in [2.45, 2.75) is 32.6 Å². The van der Waals surface area contributed by atoms with Crippen LogP contribution in [0.15, 0.2) is 72.3 Å². The normalized spacial score (nSPS) is 15.2. The number of amides is 1. The number of hydrogen-bond acceptors (Lipinski definition) is 8. The van der Waals surface area contributed by atoms with Gasteiger partial charge in [0.1, 0.15) is 5.82 Å². The Morgan fingerprint density at radius 3 is 2.42 bits per heavy atom. The summed E-state index contributed by atoms with van der Waals surface area (Å²) in [5, 5.41) is 6.03. The third kappa shape index (κ3) is 7.03. The summed E-state index contributed by atoms with van der Waals surface area (Å²) in [5.74, 6) is 1.90. The van der Waals surface area contributed by atoms with Crippen molar-refractivity contribution in [2.24, 2.45) is 23.3 Å². The van der Waals surface area contributed by atoms with Crippen molar-refractivity contribution in [1.29, 1.82) is 0 Å². The summed E-state index contributed by atoms with van der Waals surface area (Å²) in [6.07, 6.45) is 11.3. The number of nitrogens with one attached hydrogen (secondary N) is 2. The molecule has 0 unspecified atom stereocenters. The molecule has 0 spiro atoms. The minimum Gasteiger partial charge on any atom is -0.404 e. The quantitative estimate of drug-likeness (QED) is 0.200. The minimum absolute atomic E-state index is 0.0440. The van der Waals surface area contributed by atoms with E-state index in [0.717, 1.165) is 59.5 Å². The summed E-state index contributed by atoms with van der Waals surface area (Å²) in [5.41, 5.74) is 16.8. The Bertz CT molecular complexity index is 1370. The SMILES string of the molecule is CNc1ccc(C)c(-c2nccc(-c3ccnc(NC(=O)C4CC4)c3)n2)c1.N/C=C(C=O)\C=C(/N)C1CC1. The number of carbonyl (C=O) groups excluding carboxylic acids is 2. The van der Waals surface area contributed by atoms with Gasteiger partial charge in [-0.15, -0.1) is 0 Å². The van der Waals surface area contributed by atoms with Crippen molar-refractivity contribution in [3.05, 3.63) is 77.9 Å². The molecule has 9 nitrogen and oxygen atoms in total. The Morgan fingerprint density at radius 1 is 1.03 bits per heavy atom. The molecule has 2 heterocycles. The number of nitrogens with two attached hydrogens (primary N) is 2. The Labute approximate surface area is 222 Å². The summed E-state index contributed by atoms with van der Waals surface area (Å²) in [7, 11) is 1.89. The van der Waals surface area contributed by atoms with Gasteiger partial charge in [-0.2, -0.15) is 0 Å². The molecule has 1 aromatic carbocycles. The van der Waals surface area contributed by atoms with Crippen molar-refractivity contribution in [3.8, 4) is 22.6 Å². The lowest BCUT2D eigenvalue weighted by Crippen LogP contribution is -2.14. The molecule has 6 N–H and O–H groups in total. The molecule has 9 heteroatoms. The van der Waals surface area contributed by atoms with Crippen LogP contribution in [-0.2, 0) is 9.59 Å². The molecule has 3 aromatic rings. The van der Waals surface area contributed by atoms with Gasteiger partial charge >= 0.3 is 0 Å². The second-order valence-electron chi connectivity index (χ2n) is 9.44. The standard InChI is InChI=1S/C21H21N5O.C8H12N2O/c1-13-3-6-16(22-2)12-17(13)20-24-10-8-18(25-20)15-7-9-23-19(11-15)26-21(27)14-4-5-14;9-4-6(5-11)3-8(10)7-1-2-7/h3,6-12,14,22H,4-5H2,1-2H3,(H,23,26,27);3-5,7H,1-2,9-10H2/b;6-4+,8-3-. The number of allylic oxidation sites excluding steroid dienone is 3. The molecule has 196 valence electrons. The van der Waals surface area contributed by atoms with Gasteiger partial charge in [0.2, 0.25) is 5.91 Å². The Kier molecular flexibility index (Phi) is 8.47. The lowest BCUT2D eigenvalue weighted by atomic mass is 10.1. The zero-order valence-electron chi connectivity index (χ0n) is 21.6. The summed E-state index contributed by atoms with van der Waals surface area (Å²) in [4.78, 5) is 35.7. The molecule has 0 radical (unpaired) electrons. The number of pyridine rings is 1. The van der Waals surface area contributed by atoms with Gasteiger partial charge in [0.25, 0.3) is 0 Å². The number of aromatic nitrogens is 3. The first-order valence-corrected chi connectivity index (χ1v) is 12.6. The van der Waals surface area contributed by atoms with Gasteiger partial charge in [-0.1, -0.05) is 6.07 Å². The predicted molar refractivity (Wildman–Crippen MR) is 150 cm³/mol. The maximum Gasteiger partial charge on any atom is 0.228 e. The number of benzene rings is 1. The Morgan fingerprint density at radius 2 is 1.76 bits per heavy atom. The van der Waals surface area contributed by atoms with E-state index < -0.39 is 0 Å². The molecular weight excluding hydrogens is 478 g/mol. The van der Waals surface area contributed by atoms with E-state index in [1.165, 1.54) is 6.20 Å². The molecule has 1 amide bonds. The largest absolute Gasteiger partial charge is 0.404 e. The number of rotatable bonds is 8. The fourth-order valence-corrected chi connectivity index (χ4v) is 3.75. The first-order valence-electron chi connectivity index (χ1n) is 12.6. The van der Waals surface area contributed by atoms with Crippen LogP contribution in [0.25, 0.3) is 22.6 Å². The molecule has 38 heavy (non-hydrogen) atoms. The minimum atomic E-state index is 0.0440. The summed E-state index contributed by atoms with van der Waals surface area (Å²) in [6, 6.07) is 11.7. The van der Waals surface area contributed by atoms with E-state index in [-0.39, 0.29) is 11.8 Å². The predicted octanol–water partition coefficient (Wildman–Crippen LogP) is 4.18. The summed E-state index contributed by atoms with van der Waals surface area (Å²) in [6.45, 7) is 2.04. The average molecular weight is 512 g/mol. The maximum absolute atomic E-state index is 12.0. The summed E-state index contributed by atoms with van der Waals surface area (Å²) < 4.78 is 0. The van der Waals surface area contributed by atoms with Crippen LogP contribution in [0.5, 0.6) is 0 Å². The van der Waals surface area contributed by atoms with Gasteiger partial charge in [-0.05, 0) is 80.5 Å². The molecular formula is C29H33N7O2. The van der Waals surface area contributed by atoms with Crippen molar-refractivity contribution in [1.82, 2.24) is 15.0 Å². The van der Waals surface area contributed by atoms with E-state index in [9.17, 15) is 9.59 Å². The van der Waals surface area contributed by atoms with Crippen molar-refractivity contribution >= 4 is 23.7 Å². The third-order valence-corrected chi connectivity index (χ3v) is 6.39. The molecule has 0 atom stereocenters. The number of aryl methyl sites for hydroxylation is 1. The van der Waals surface area contributed by atoms with E-state index in [1.54, 1.807) is 18.5 Å². The molecule has 2 saturated carbocycles. The topological polar surface area (TPSA) is 149 Å². The second-order valence-corrected chi connectivity index (χ2v) is 9.44. The average Bonchev–Trinajstić information content (AvgIpc) is 3.85. The van der Waals surface area contributed by atoms with E-state index in [1.807, 2.05) is 44.3 Å². The van der Waals surface area contributed by atoms with Crippen LogP contribution < -0.4 is 22.1 Å². The first kappa shape index (κ1) is 26.5. The van der Waals surface area contributed by atoms with Crippen molar-refractivity contribution < 1.29 is 9.59 Å². The van der Waals surface area contributed by atoms with Gasteiger partial charge in [0, 0.05) is 59.6 Å². The highest BCUT2D eigenvalue weighted by molar-refractivity contribution is 5.93. The number of aldehydes is 1. The molecule has 2 aromatic heterocycles. The van der Waals surface area contributed by atoms with E-state index in [2.05, 4.69) is 26.7 Å². The zero-order chi connectivity index (χ0) is 27.1. The van der Waals surface area contributed by atoms with Crippen LogP contribution in [0.4, 0.5) is 11.5 Å². The molecule has 0 bridgehead atoms. The first-order chi connectivity index (χ1) is 18.4. The number of anilines is 2. The zero-order valence-corrected chi connectivity index (χ0v) is 21.6. The molecule has 5 rings (SSSR count). The maximum atomic E-state index is 12.0. The van der Waals surface area contributed by atoms with E-state index in [4.69, 9.17) is 16.5 Å². The van der Waals surface area contributed by atoms with Crippen LogP contribution in [0.3, 0.4) is 0 Å². The highest BCUT2D eigenvalue weighted by Gasteiger charge is 2.29. The van der Waals surface area contributed by atoms with Gasteiger partial charge < -0.3 is 22.1 Å². The highest BCUT2D eigenvalue weighted by Crippen LogP contribution is 2.34.